The molecule has 0 spiro atoms. The predicted octanol–water partition coefficient (Wildman–Crippen LogP) is 2.21. The van der Waals surface area contributed by atoms with Crippen LogP contribution >= 0.6 is 28.3 Å². The monoisotopic (exact) mass is 347 g/mol. The summed E-state index contributed by atoms with van der Waals surface area (Å²) in [5.41, 5.74) is 5.40. The number of hydrogen-bond donors (Lipinski definition) is 3. The van der Waals surface area contributed by atoms with Gasteiger partial charge in [-0.05, 0) is 33.6 Å². The molecule has 0 amide bonds. The van der Waals surface area contributed by atoms with Crippen LogP contribution in [0, 0.1) is 0 Å². The van der Waals surface area contributed by atoms with Crippen molar-refractivity contribution >= 4 is 28.3 Å². The SMILES string of the molecule is COc1cc([C@@H](N)C(F)(F)CO)cc(Br)c1O.Cl. The summed E-state index contributed by atoms with van der Waals surface area (Å²) in [6.45, 7) is -1.35. The van der Waals surface area contributed by atoms with Crippen molar-refractivity contribution in [1.82, 2.24) is 0 Å². The molecule has 0 bridgehead atoms. The number of halogens is 4. The number of rotatable bonds is 4. The summed E-state index contributed by atoms with van der Waals surface area (Å²) in [6.07, 6.45) is 0. The van der Waals surface area contributed by atoms with Crippen molar-refractivity contribution < 1.29 is 23.7 Å². The molecule has 0 aliphatic carbocycles. The number of aliphatic hydroxyl groups excluding tert-OH is 1. The van der Waals surface area contributed by atoms with Gasteiger partial charge in [0.15, 0.2) is 11.5 Å². The van der Waals surface area contributed by atoms with Gasteiger partial charge in [0.2, 0.25) is 0 Å². The maximum Gasteiger partial charge on any atom is 0.289 e. The molecule has 0 aliphatic heterocycles. The van der Waals surface area contributed by atoms with Crippen molar-refractivity contribution in [2.75, 3.05) is 13.7 Å². The Morgan fingerprint density at radius 3 is 2.50 bits per heavy atom. The van der Waals surface area contributed by atoms with Crippen molar-refractivity contribution in [3.8, 4) is 11.5 Å². The average Bonchev–Trinajstić information content (AvgIpc) is 2.31. The molecule has 0 aromatic heterocycles. The molecule has 0 radical (unpaired) electrons. The van der Waals surface area contributed by atoms with Crippen molar-refractivity contribution in [2.45, 2.75) is 12.0 Å². The number of ether oxygens (including phenoxy) is 1. The summed E-state index contributed by atoms with van der Waals surface area (Å²) >= 11 is 3.00. The highest BCUT2D eigenvalue weighted by Crippen LogP contribution is 2.39. The zero-order chi connectivity index (χ0) is 13.2. The van der Waals surface area contributed by atoms with E-state index in [4.69, 9.17) is 15.6 Å². The molecule has 0 heterocycles. The standard InChI is InChI=1S/C10H12BrF2NO3.ClH/c1-17-7-3-5(2-6(11)8(7)16)9(14)10(12,13)4-15;/h2-3,9,15-16H,4,14H2,1H3;1H/t9-;/m1./s1. The molecule has 18 heavy (non-hydrogen) atoms. The third-order valence-electron chi connectivity index (χ3n) is 2.30. The number of aliphatic hydroxyl groups is 1. The van der Waals surface area contributed by atoms with Gasteiger partial charge in [0, 0.05) is 0 Å². The maximum atomic E-state index is 13.2. The van der Waals surface area contributed by atoms with Gasteiger partial charge in [0.25, 0.3) is 5.92 Å². The molecule has 4 nitrogen and oxygen atoms in total. The number of methoxy groups -OCH3 is 1. The van der Waals surface area contributed by atoms with E-state index in [2.05, 4.69) is 15.9 Å². The molecule has 0 saturated carbocycles. The Morgan fingerprint density at radius 2 is 2.06 bits per heavy atom. The lowest BCUT2D eigenvalue weighted by atomic mass is 10.0. The van der Waals surface area contributed by atoms with Crippen LogP contribution in [-0.2, 0) is 0 Å². The van der Waals surface area contributed by atoms with Crippen molar-refractivity contribution in [3.05, 3.63) is 22.2 Å². The van der Waals surface area contributed by atoms with E-state index in [-0.39, 0.29) is 33.9 Å². The molecule has 0 saturated heterocycles. The fourth-order valence-corrected chi connectivity index (χ4v) is 1.73. The largest absolute Gasteiger partial charge is 0.503 e. The van der Waals surface area contributed by atoms with Crippen LogP contribution in [0.3, 0.4) is 0 Å². The minimum Gasteiger partial charge on any atom is -0.503 e. The Morgan fingerprint density at radius 1 is 1.50 bits per heavy atom. The van der Waals surface area contributed by atoms with Crippen LogP contribution < -0.4 is 10.5 Å². The molecular formula is C10H13BrClF2NO3. The van der Waals surface area contributed by atoms with Crippen molar-refractivity contribution in [3.63, 3.8) is 0 Å². The Labute approximate surface area is 117 Å². The van der Waals surface area contributed by atoms with Crippen LogP contribution in [0.15, 0.2) is 16.6 Å². The Balaban J connectivity index is 0.00000289. The topological polar surface area (TPSA) is 75.7 Å². The van der Waals surface area contributed by atoms with Gasteiger partial charge in [-0.15, -0.1) is 12.4 Å². The Hall–Kier alpha value is -0.630. The summed E-state index contributed by atoms with van der Waals surface area (Å²) in [5.74, 6) is -3.61. The van der Waals surface area contributed by atoms with Crippen LogP contribution in [0.5, 0.6) is 11.5 Å². The van der Waals surface area contributed by atoms with Crippen molar-refractivity contribution in [1.29, 1.82) is 0 Å². The molecule has 8 heteroatoms. The van der Waals surface area contributed by atoms with E-state index in [0.717, 1.165) is 0 Å². The maximum absolute atomic E-state index is 13.2. The first-order valence-corrected chi connectivity index (χ1v) is 5.43. The highest BCUT2D eigenvalue weighted by molar-refractivity contribution is 9.10. The molecule has 1 aromatic rings. The third kappa shape index (κ3) is 3.44. The van der Waals surface area contributed by atoms with Crippen LogP contribution in [0.2, 0.25) is 0 Å². The normalized spacial score (nSPS) is 12.8. The fourth-order valence-electron chi connectivity index (χ4n) is 1.27. The second-order valence-electron chi connectivity index (χ2n) is 3.45. The number of alkyl halides is 2. The highest BCUT2D eigenvalue weighted by Gasteiger charge is 2.37. The molecule has 0 unspecified atom stereocenters. The van der Waals surface area contributed by atoms with Gasteiger partial charge in [-0.2, -0.15) is 0 Å². The second-order valence-corrected chi connectivity index (χ2v) is 4.30. The number of nitrogens with two attached hydrogens (primary N) is 1. The first-order chi connectivity index (χ1) is 7.83. The van der Waals surface area contributed by atoms with E-state index in [1.807, 2.05) is 0 Å². The first kappa shape index (κ1) is 17.4. The zero-order valence-electron chi connectivity index (χ0n) is 9.36. The molecule has 4 N–H and O–H groups in total. The summed E-state index contributed by atoms with van der Waals surface area (Å²) in [4.78, 5) is 0. The lowest BCUT2D eigenvalue weighted by molar-refractivity contribution is -0.0712. The van der Waals surface area contributed by atoms with Gasteiger partial charge in [0.05, 0.1) is 17.6 Å². The Bertz CT molecular complexity index is 420. The van der Waals surface area contributed by atoms with E-state index in [0.29, 0.717) is 0 Å². The van der Waals surface area contributed by atoms with Crippen molar-refractivity contribution in [2.24, 2.45) is 5.73 Å². The van der Waals surface area contributed by atoms with E-state index in [1.54, 1.807) is 0 Å². The van der Waals surface area contributed by atoms with Gasteiger partial charge < -0.3 is 20.7 Å². The molecule has 1 atom stereocenters. The number of phenols is 1. The number of phenolic OH excluding ortho intramolecular Hbond substituents is 1. The fraction of sp³-hybridized carbons (Fsp3) is 0.400. The second kappa shape index (κ2) is 6.51. The minimum absolute atomic E-state index is 0. The highest BCUT2D eigenvalue weighted by atomic mass is 79.9. The van der Waals surface area contributed by atoms with Crippen LogP contribution in [0.1, 0.15) is 11.6 Å². The smallest absolute Gasteiger partial charge is 0.289 e. The van der Waals surface area contributed by atoms with Gasteiger partial charge in [-0.25, -0.2) is 8.78 Å². The number of aromatic hydroxyl groups is 1. The Kier molecular flexibility index (Phi) is 6.28. The van der Waals surface area contributed by atoms with Gasteiger partial charge in [-0.3, -0.25) is 0 Å². The molecule has 1 aromatic carbocycles. The molecule has 104 valence electrons. The first-order valence-electron chi connectivity index (χ1n) is 4.64. The predicted molar refractivity (Wildman–Crippen MR) is 68.6 cm³/mol. The summed E-state index contributed by atoms with van der Waals surface area (Å²) in [7, 11) is 1.29. The lowest BCUT2D eigenvalue weighted by Gasteiger charge is -2.22. The van der Waals surface area contributed by atoms with Crippen LogP contribution in [0.25, 0.3) is 0 Å². The lowest BCUT2D eigenvalue weighted by Crippen LogP contribution is -2.36. The summed E-state index contributed by atoms with van der Waals surface area (Å²) < 4.78 is 31.4. The third-order valence-corrected chi connectivity index (χ3v) is 2.90. The van der Waals surface area contributed by atoms with Crippen LogP contribution in [0.4, 0.5) is 8.78 Å². The van der Waals surface area contributed by atoms with Gasteiger partial charge >= 0.3 is 0 Å². The van der Waals surface area contributed by atoms with Crippen LogP contribution in [-0.4, -0.2) is 29.9 Å². The van der Waals surface area contributed by atoms with E-state index in [9.17, 15) is 13.9 Å². The van der Waals surface area contributed by atoms with E-state index in [1.165, 1.54) is 19.2 Å². The summed E-state index contributed by atoms with van der Waals surface area (Å²) in [5, 5.41) is 18.1. The van der Waals surface area contributed by atoms with E-state index >= 15 is 0 Å². The quantitative estimate of drug-likeness (QED) is 0.780. The average molecular weight is 349 g/mol. The number of benzene rings is 1. The molecule has 0 fully saturated rings. The zero-order valence-corrected chi connectivity index (χ0v) is 11.8. The minimum atomic E-state index is -3.44. The molecular weight excluding hydrogens is 335 g/mol. The molecule has 1 rings (SSSR count). The van der Waals surface area contributed by atoms with E-state index < -0.39 is 18.6 Å². The molecule has 0 aliphatic rings. The summed E-state index contributed by atoms with van der Waals surface area (Å²) in [6, 6.07) is 0.777. The van der Waals surface area contributed by atoms with Gasteiger partial charge in [-0.1, -0.05) is 0 Å². The number of hydrogen-bond acceptors (Lipinski definition) is 4. The van der Waals surface area contributed by atoms with Gasteiger partial charge in [0.1, 0.15) is 6.61 Å².